The molecule has 0 atom stereocenters. The molecule has 12 aromatic rings. The van der Waals surface area contributed by atoms with Gasteiger partial charge in [0, 0.05) is 16.7 Å². The van der Waals surface area contributed by atoms with Crippen molar-refractivity contribution >= 4 is 64.6 Å². The van der Waals surface area contributed by atoms with E-state index in [4.69, 9.17) is 15.0 Å². The smallest absolute Gasteiger partial charge is 0.164 e. The monoisotopic (exact) mass is 735 g/mol. The normalized spacial score (nSPS) is 11.8. The third-order valence-corrected chi connectivity index (χ3v) is 11.8. The van der Waals surface area contributed by atoms with Crippen molar-refractivity contribution in [1.29, 1.82) is 0 Å². The molecule has 0 aliphatic carbocycles. The number of benzene rings is 10. The van der Waals surface area contributed by atoms with Crippen molar-refractivity contribution in [3.8, 4) is 56.4 Å². The van der Waals surface area contributed by atoms with Gasteiger partial charge in [-0.05, 0) is 105 Å². The van der Waals surface area contributed by atoms with Crippen LogP contribution in [0.15, 0.2) is 200 Å². The average Bonchev–Trinajstić information content (AvgIpc) is 3.30. The van der Waals surface area contributed by atoms with Crippen LogP contribution in [0.3, 0.4) is 0 Å². The van der Waals surface area contributed by atoms with Gasteiger partial charge < -0.3 is 0 Å². The minimum absolute atomic E-state index is 0.633. The molecule has 3 nitrogen and oxygen atoms in total. The van der Waals surface area contributed by atoms with E-state index in [1.165, 1.54) is 64.6 Å². The number of aromatic nitrogens is 3. The summed E-state index contributed by atoms with van der Waals surface area (Å²) >= 11 is 0. The molecule has 0 aliphatic rings. The van der Waals surface area contributed by atoms with Gasteiger partial charge in [-0.2, -0.15) is 0 Å². The van der Waals surface area contributed by atoms with Crippen LogP contribution in [0.4, 0.5) is 0 Å². The summed E-state index contributed by atoms with van der Waals surface area (Å²) in [5.74, 6) is 1.91. The molecular formula is C55H33N3. The Morgan fingerprint density at radius 2 is 0.672 bits per heavy atom. The van der Waals surface area contributed by atoms with E-state index in [9.17, 15) is 0 Å². The molecule has 0 unspecified atom stereocenters. The van der Waals surface area contributed by atoms with Crippen LogP contribution in [-0.4, -0.2) is 15.0 Å². The molecule has 0 saturated heterocycles. The first kappa shape index (κ1) is 32.5. The molecule has 3 heteroatoms. The second kappa shape index (κ2) is 12.9. The van der Waals surface area contributed by atoms with Gasteiger partial charge in [0.25, 0.3) is 0 Å². The van der Waals surface area contributed by atoms with Gasteiger partial charge in [-0.1, -0.05) is 182 Å². The van der Waals surface area contributed by atoms with Crippen LogP contribution < -0.4 is 0 Å². The summed E-state index contributed by atoms with van der Waals surface area (Å²) in [4.78, 5) is 15.6. The fourth-order valence-corrected chi connectivity index (χ4v) is 9.18. The molecule has 58 heavy (non-hydrogen) atoms. The molecule has 12 rings (SSSR count). The zero-order valence-corrected chi connectivity index (χ0v) is 31.4. The van der Waals surface area contributed by atoms with E-state index in [1.54, 1.807) is 0 Å². The van der Waals surface area contributed by atoms with E-state index in [1.807, 2.05) is 24.3 Å². The SMILES string of the molecule is c1ccc(-c2cccc(-c3nc(-c4ccccc4)nc(-c4ccccc4-c4cc5ccc6cccc7c8cccc9ccc%10cccc(c(c4)c5c67)c%10c98)n3)c2)cc1. The maximum atomic E-state index is 5.26. The minimum atomic E-state index is 0.633. The third kappa shape index (κ3) is 5.11. The quantitative estimate of drug-likeness (QED) is 0.165. The van der Waals surface area contributed by atoms with E-state index in [0.717, 1.165) is 38.9 Å². The van der Waals surface area contributed by atoms with Crippen LogP contribution in [0.25, 0.3) is 121 Å². The number of hydrogen-bond acceptors (Lipinski definition) is 3. The van der Waals surface area contributed by atoms with Crippen molar-refractivity contribution in [1.82, 2.24) is 15.0 Å². The zero-order valence-electron chi connectivity index (χ0n) is 31.4. The summed E-state index contributed by atoms with van der Waals surface area (Å²) in [6.45, 7) is 0. The molecule has 0 fully saturated rings. The van der Waals surface area contributed by atoms with Crippen molar-refractivity contribution in [3.05, 3.63) is 200 Å². The highest BCUT2D eigenvalue weighted by Crippen LogP contribution is 2.45. The van der Waals surface area contributed by atoms with Gasteiger partial charge in [0.1, 0.15) is 0 Å². The van der Waals surface area contributed by atoms with E-state index < -0.39 is 0 Å². The summed E-state index contributed by atoms with van der Waals surface area (Å²) in [6, 6.07) is 71.8. The Morgan fingerprint density at radius 1 is 0.224 bits per heavy atom. The molecule has 11 aromatic carbocycles. The van der Waals surface area contributed by atoms with Gasteiger partial charge in [0.05, 0.1) is 0 Å². The molecule has 0 radical (unpaired) electrons. The van der Waals surface area contributed by atoms with Crippen molar-refractivity contribution in [2.24, 2.45) is 0 Å². The number of hydrogen-bond donors (Lipinski definition) is 0. The Balaban J connectivity index is 1.14. The van der Waals surface area contributed by atoms with Crippen molar-refractivity contribution in [3.63, 3.8) is 0 Å². The molecule has 0 N–H and O–H groups in total. The second-order valence-electron chi connectivity index (χ2n) is 15.1. The first-order valence-electron chi connectivity index (χ1n) is 19.8. The van der Waals surface area contributed by atoms with Crippen LogP contribution >= 0.6 is 0 Å². The Kier molecular flexibility index (Phi) is 7.23. The van der Waals surface area contributed by atoms with E-state index in [2.05, 4.69) is 176 Å². The molecule has 268 valence electrons. The summed E-state index contributed by atoms with van der Waals surface area (Å²) in [7, 11) is 0. The van der Waals surface area contributed by atoms with Gasteiger partial charge in [0.15, 0.2) is 17.5 Å². The Bertz CT molecular complexity index is 3550. The Hall–Kier alpha value is -7.75. The van der Waals surface area contributed by atoms with E-state index in [-0.39, 0.29) is 0 Å². The largest absolute Gasteiger partial charge is 0.208 e. The molecule has 0 aliphatic heterocycles. The lowest BCUT2D eigenvalue weighted by Crippen LogP contribution is -2.01. The van der Waals surface area contributed by atoms with Gasteiger partial charge in [-0.3, -0.25) is 0 Å². The Morgan fingerprint density at radius 3 is 1.31 bits per heavy atom. The highest BCUT2D eigenvalue weighted by atomic mass is 15.0. The highest BCUT2D eigenvalue weighted by molar-refractivity contribution is 6.37. The summed E-state index contributed by atoms with van der Waals surface area (Å²) in [5.41, 5.74) is 7.27. The topological polar surface area (TPSA) is 38.7 Å². The standard InChI is InChI=1S/C55H33N3/c1-3-13-34(14-4-1)39-20-9-21-41(31-39)54-56-53(38-15-5-2-6-16-38)57-55(58-54)47-23-8-7-22-43(47)42-32-40-30-29-37-18-11-25-45-44-24-10-17-35-27-28-36-19-12-26-46(51(36)49(35)44)48(33-42)52(40)50(37)45/h1-33H. The summed E-state index contributed by atoms with van der Waals surface area (Å²) < 4.78 is 0. The highest BCUT2D eigenvalue weighted by Gasteiger charge is 2.19. The van der Waals surface area contributed by atoms with Crippen LogP contribution in [0.2, 0.25) is 0 Å². The molecule has 0 amide bonds. The molecule has 0 saturated carbocycles. The number of fused-ring (bicyclic) bond motifs is 2. The fourth-order valence-electron chi connectivity index (χ4n) is 9.18. The van der Waals surface area contributed by atoms with Crippen molar-refractivity contribution in [2.75, 3.05) is 0 Å². The first-order valence-corrected chi connectivity index (χ1v) is 19.8. The molecule has 1 aromatic heterocycles. The summed E-state index contributed by atoms with van der Waals surface area (Å²) in [6.07, 6.45) is 0. The van der Waals surface area contributed by atoms with Gasteiger partial charge >= 0.3 is 0 Å². The van der Waals surface area contributed by atoms with Gasteiger partial charge in [0.2, 0.25) is 0 Å². The maximum Gasteiger partial charge on any atom is 0.164 e. The van der Waals surface area contributed by atoms with E-state index in [0.29, 0.717) is 17.5 Å². The van der Waals surface area contributed by atoms with Crippen LogP contribution in [0, 0.1) is 0 Å². The number of nitrogens with zero attached hydrogens (tertiary/aromatic N) is 3. The lowest BCUT2D eigenvalue weighted by molar-refractivity contribution is 1.07. The van der Waals surface area contributed by atoms with Crippen molar-refractivity contribution in [2.45, 2.75) is 0 Å². The average molecular weight is 736 g/mol. The lowest BCUT2D eigenvalue weighted by atomic mass is 9.86. The van der Waals surface area contributed by atoms with Crippen LogP contribution in [0.1, 0.15) is 0 Å². The van der Waals surface area contributed by atoms with Crippen molar-refractivity contribution < 1.29 is 0 Å². The zero-order chi connectivity index (χ0) is 38.2. The lowest BCUT2D eigenvalue weighted by Gasteiger charge is -2.18. The molecule has 0 spiro atoms. The number of rotatable bonds is 5. The van der Waals surface area contributed by atoms with E-state index >= 15 is 0 Å². The predicted molar refractivity (Wildman–Crippen MR) is 243 cm³/mol. The third-order valence-electron chi connectivity index (χ3n) is 11.8. The first-order chi connectivity index (χ1) is 28.7. The van der Waals surface area contributed by atoms with Crippen LogP contribution in [-0.2, 0) is 0 Å². The predicted octanol–water partition coefficient (Wildman–Crippen LogP) is 14.6. The fraction of sp³-hybridized carbons (Fsp3) is 0. The molecule has 0 bridgehead atoms. The summed E-state index contributed by atoms with van der Waals surface area (Å²) in [5, 5.41) is 15.1. The maximum absolute atomic E-state index is 5.26. The molecular weight excluding hydrogens is 703 g/mol. The minimum Gasteiger partial charge on any atom is -0.208 e. The van der Waals surface area contributed by atoms with Gasteiger partial charge in [-0.25, -0.2) is 15.0 Å². The Labute approximate surface area is 334 Å². The molecule has 1 heterocycles. The van der Waals surface area contributed by atoms with Gasteiger partial charge in [-0.15, -0.1) is 0 Å². The van der Waals surface area contributed by atoms with Crippen LogP contribution in [0.5, 0.6) is 0 Å². The second-order valence-corrected chi connectivity index (χ2v) is 15.1.